The normalized spacial score (nSPS) is 27.5. The molecule has 2 unspecified atom stereocenters. The molecule has 2 saturated carbocycles. The Bertz CT molecular complexity index is 456. The highest BCUT2D eigenvalue weighted by Crippen LogP contribution is 2.54. The Kier molecular flexibility index (Phi) is 4.37. The average Bonchev–Trinajstić information content (AvgIpc) is 2.94. The van der Waals surface area contributed by atoms with Gasteiger partial charge in [0.15, 0.2) is 0 Å². The number of rotatable bonds is 5. The van der Waals surface area contributed by atoms with Gasteiger partial charge in [-0.3, -0.25) is 0 Å². The van der Waals surface area contributed by atoms with E-state index in [9.17, 15) is 0 Å². The van der Waals surface area contributed by atoms with Gasteiger partial charge in [-0.15, -0.1) is 0 Å². The molecule has 2 aliphatic carbocycles. The van der Waals surface area contributed by atoms with Crippen LogP contribution >= 0.6 is 15.9 Å². The van der Waals surface area contributed by atoms with Crippen LogP contribution in [0.25, 0.3) is 0 Å². The summed E-state index contributed by atoms with van der Waals surface area (Å²) in [6.45, 7) is 3.37. The van der Waals surface area contributed by atoms with Crippen LogP contribution in [0.4, 0.5) is 0 Å². The molecule has 0 bridgehead atoms. The first-order valence-corrected chi connectivity index (χ1v) is 8.69. The lowest BCUT2D eigenvalue weighted by Crippen LogP contribution is -2.63. The largest absolute Gasteiger partial charge is 0.490 e. The van der Waals surface area contributed by atoms with E-state index in [-0.39, 0.29) is 0 Å². The standard InChI is InChI=1S/C17H24BrNO/c1-2-10-19-15-12-16(17(15)8-3-4-9-17)20-14-7-5-6-13(18)11-14/h5-7,11,15-16,19H,2-4,8-10,12H2,1H3. The Morgan fingerprint density at radius 1 is 1.35 bits per heavy atom. The summed E-state index contributed by atoms with van der Waals surface area (Å²) in [5.41, 5.74) is 0.400. The second-order valence-corrected chi connectivity index (χ2v) is 7.16. The predicted molar refractivity (Wildman–Crippen MR) is 86.2 cm³/mol. The van der Waals surface area contributed by atoms with Crippen LogP contribution in [0.1, 0.15) is 45.4 Å². The minimum absolute atomic E-state index is 0.397. The van der Waals surface area contributed by atoms with Crippen molar-refractivity contribution in [3.05, 3.63) is 28.7 Å². The molecule has 2 aliphatic rings. The van der Waals surface area contributed by atoms with E-state index in [2.05, 4.69) is 40.3 Å². The maximum absolute atomic E-state index is 6.31. The molecule has 20 heavy (non-hydrogen) atoms. The summed E-state index contributed by atoms with van der Waals surface area (Å²) >= 11 is 3.52. The number of benzene rings is 1. The molecule has 2 atom stereocenters. The summed E-state index contributed by atoms with van der Waals surface area (Å²) in [6.07, 6.45) is 8.15. The van der Waals surface area contributed by atoms with Crippen molar-refractivity contribution in [1.29, 1.82) is 0 Å². The molecule has 2 nitrogen and oxygen atoms in total. The van der Waals surface area contributed by atoms with E-state index < -0.39 is 0 Å². The molecule has 1 N–H and O–H groups in total. The second-order valence-electron chi connectivity index (χ2n) is 6.25. The summed E-state index contributed by atoms with van der Waals surface area (Å²) in [4.78, 5) is 0. The molecular weight excluding hydrogens is 314 g/mol. The minimum atomic E-state index is 0.397. The zero-order valence-corrected chi connectivity index (χ0v) is 13.8. The number of hydrogen-bond acceptors (Lipinski definition) is 2. The van der Waals surface area contributed by atoms with Crippen molar-refractivity contribution in [2.75, 3.05) is 6.54 Å². The van der Waals surface area contributed by atoms with Crippen LogP contribution in [-0.4, -0.2) is 18.7 Å². The zero-order valence-electron chi connectivity index (χ0n) is 12.2. The first-order chi connectivity index (χ1) is 9.74. The van der Waals surface area contributed by atoms with Crippen LogP contribution in [-0.2, 0) is 0 Å². The van der Waals surface area contributed by atoms with E-state index in [1.165, 1.54) is 32.1 Å². The number of halogens is 1. The fourth-order valence-corrected chi connectivity index (χ4v) is 4.30. The monoisotopic (exact) mass is 337 g/mol. The maximum Gasteiger partial charge on any atom is 0.120 e. The van der Waals surface area contributed by atoms with E-state index >= 15 is 0 Å². The smallest absolute Gasteiger partial charge is 0.120 e. The van der Waals surface area contributed by atoms with Crippen LogP contribution in [0, 0.1) is 5.41 Å². The van der Waals surface area contributed by atoms with E-state index in [0.717, 1.165) is 23.2 Å². The molecule has 3 heteroatoms. The van der Waals surface area contributed by atoms with Crippen molar-refractivity contribution in [1.82, 2.24) is 5.32 Å². The first kappa shape index (κ1) is 14.4. The van der Waals surface area contributed by atoms with E-state index in [1.54, 1.807) is 0 Å². The molecule has 0 heterocycles. The molecule has 0 aliphatic heterocycles. The first-order valence-electron chi connectivity index (χ1n) is 7.90. The third-order valence-electron chi connectivity index (χ3n) is 5.03. The Morgan fingerprint density at radius 3 is 2.85 bits per heavy atom. The number of nitrogens with one attached hydrogen (secondary N) is 1. The maximum atomic E-state index is 6.31. The quantitative estimate of drug-likeness (QED) is 0.852. The van der Waals surface area contributed by atoms with Crippen molar-refractivity contribution in [2.24, 2.45) is 5.41 Å². The fourth-order valence-electron chi connectivity index (χ4n) is 3.93. The van der Waals surface area contributed by atoms with Crippen LogP contribution in [0.2, 0.25) is 0 Å². The summed E-state index contributed by atoms with van der Waals surface area (Å²) in [5, 5.41) is 3.74. The molecule has 0 radical (unpaired) electrons. The lowest BCUT2D eigenvalue weighted by atomic mass is 9.60. The molecule has 0 amide bonds. The highest BCUT2D eigenvalue weighted by atomic mass is 79.9. The molecule has 0 saturated heterocycles. The van der Waals surface area contributed by atoms with Gasteiger partial charge in [-0.2, -0.15) is 0 Å². The van der Waals surface area contributed by atoms with Gasteiger partial charge in [0.05, 0.1) is 0 Å². The molecule has 110 valence electrons. The van der Waals surface area contributed by atoms with Gasteiger partial charge in [0, 0.05) is 22.4 Å². The highest BCUT2D eigenvalue weighted by molar-refractivity contribution is 9.10. The van der Waals surface area contributed by atoms with Gasteiger partial charge in [0.25, 0.3) is 0 Å². The van der Waals surface area contributed by atoms with Gasteiger partial charge in [0.2, 0.25) is 0 Å². The molecule has 1 spiro atoms. The fraction of sp³-hybridized carbons (Fsp3) is 0.647. The Labute approximate surface area is 130 Å². The van der Waals surface area contributed by atoms with Crippen molar-refractivity contribution in [2.45, 2.75) is 57.6 Å². The van der Waals surface area contributed by atoms with Crippen molar-refractivity contribution in [3.63, 3.8) is 0 Å². The second kappa shape index (κ2) is 6.07. The Morgan fingerprint density at radius 2 is 2.15 bits per heavy atom. The van der Waals surface area contributed by atoms with Crippen molar-refractivity contribution < 1.29 is 4.74 Å². The van der Waals surface area contributed by atoms with E-state index in [4.69, 9.17) is 4.74 Å². The van der Waals surface area contributed by atoms with Gasteiger partial charge in [-0.1, -0.05) is 41.8 Å². The highest BCUT2D eigenvalue weighted by Gasteiger charge is 2.57. The summed E-state index contributed by atoms with van der Waals surface area (Å²) < 4.78 is 7.40. The Hall–Kier alpha value is -0.540. The zero-order chi connectivity index (χ0) is 14.0. The van der Waals surface area contributed by atoms with Crippen LogP contribution in [0.5, 0.6) is 5.75 Å². The number of ether oxygens (including phenoxy) is 1. The SMILES string of the molecule is CCCNC1CC(Oc2cccc(Br)c2)C12CCCC2. The van der Waals surface area contributed by atoms with Crippen LogP contribution < -0.4 is 10.1 Å². The lowest BCUT2D eigenvalue weighted by molar-refractivity contribution is -0.0760. The summed E-state index contributed by atoms with van der Waals surface area (Å²) in [5.74, 6) is 1.00. The molecule has 0 aromatic heterocycles. The molecular formula is C17H24BrNO. The topological polar surface area (TPSA) is 21.3 Å². The van der Waals surface area contributed by atoms with Crippen molar-refractivity contribution in [3.8, 4) is 5.75 Å². The predicted octanol–water partition coefficient (Wildman–Crippen LogP) is 4.53. The lowest BCUT2D eigenvalue weighted by Gasteiger charge is -2.54. The number of hydrogen-bond donors (Lipinski definition) is 1. The Balaban J connectivity index is 1.68. The van der Waals surface area contributed by atoms with Gasteiger partial charge in [-0.25, -0.2) is 0 Å². The van der Waals surface area contributed by atoms with Gasteiger partial charge in [-0.05, 0) is 44.0 Å². The van der Waals surface area contributed by atoms with Gasteiger partial charge in [0.1, 0.15) is 11.9 Å². The van der Waals surface area contributed by atoms with Crippen molar-refractivity contribution >= 4 is 15.9 Å². The minimum Gasteiger partial charge on any atom is -0.490 e. The molecule has 3 rings (SSSR count). The van der Waals surface area contributed by atoms with Crippen LogP contribution in [0.3, 0.4) is 0 Å². The molecule has 1 aromatic carbocycles. The molecule has 2 fully saturated rings. The molecule has 1 aromatic rings. The third kappa shape index (κ3) is 2.62. The van der Waals surface area contributed by atoms with E-state index in [0.29, 0.717) is 17.6 Å². The van der Waals surface area contributed by atoms with Gasteiger partial charge < -0.3 is 10.1 Å². The van der Waals surface area contributed by atoms with E-state index in [1.807, 2.05) is 12.1 Å². The average molecular weight is 338 g/mol. The van der Waals surface area contributed by atoms with Crippen LogP contribution in [0.15, 0.2) is 28.7 Å². The summed E-state index contributed by atoms with van der Waals surface area (Å²) in [7, 11) is 0. The summed E-state index contributed by atoms with van der Waals surface area (Å²) in [6, 6.07) is 8.91. The third-order valence-corrected chi connectivity index (χ3v) is 5.53. The van der Waals surface area contributed by atoms with Gasteiger partial charge >= 0.3 is 0 Å².